The van der Waals surface area contributed by atoms with E-state index in [1.807, 2.05) is 20.8 Å². The van der Waals surface area contributed by atoms with Crippen molar-refractivity contribution >= 4 is 50.7 Å². The summed E-state index contributed by atoms with van der Waals surface area (Å²) < 4.78 is 34.8. The van der Waals surface area contributed by atoms with Crippen molar-refractivity contribution in [3.05, 3.63) is 87.9 Å². The molecule has 1 unspecified atom stereocenters. The Balaban J connectivity index is 2.09. The monoisotopic (exact) mass is 619 g/mol. The van der Waals surface area contributed by atoms with Gasteiger partial charge in [0.15, 0.2) is 0 Å². The second kappa shape index (κ2) is 14.1. The molecular weight excluding hydrogens is 585 g/mol. The first-order valence-corrected chi connectivity index (χ1v) is 15.4. The normalized spacial score (nSPS) is 12.1. The lowest BCUT2D eigenvalue weighted by atomic mass is 10.1. The summed E-state index contributed by atoms with van der Waals surface area (Å²) >= 11 is 12.3. The van der Waals surface area contributed by atoms with Crippen LogP contribution in [-0.2, 0) is 26.2 Å². The standard InChI is InChI=1S/C30H35Cl2N3O5S/c1-6-40-28-10-8-7-9-27(28)35(41(38,39)24-14-11-21(4)12-15-24)19-29(36)34(22(5)30(37)33-20(2)3)18-23-13-16-25(31)26(32)17-23/h7-17,20,22H,6,18-19H2,1-5H3,(H,33,37). The van der Waals surface area contributed by atoms with Gasteiger partial charge in [-0.25, -0.2) is 8.42 Å². The molecular formula is C30H35Cl2N3O5S. The molecule has 0 aliphatic rings. The van der Waals surface area contributed by atoms with Crippen molar-refractivity contribution in [2.45, 2.75) is 58.1 Å². The summed E-state index contributed by atoms with van der Waals surface area (Å²) in [6.45, 7) is 8.57. The third-order valence-corrected chi connectivity index (χ3v) is 8.77. The van der Waals surface area contributed by atoms with E-state index in [2.05, 4.69) is 5.32 Å². The fourth-order valence-corrected chi connectivity index (χ4v) is 5.86. The lowest BCUT2D eigenvalue weighted by Crippen LogP contribution is -2.52. The Morgan fingerprint density at radius 2 is 1.61 bits per heavy atom. The number of nitrogens with one attached hydrogen (secondary N) is 1. The molecule has 0 fully saturated rings. The Hall–Kier alpha value is -3.27. The first-order chi connectivity index (χ1) is 19.3. The van der Waals surface area contributed by atoms with Gasteiger partial charge >= 0.3 is 0 Å². The maximum atomic E-state index is 14.1. The number of halogens is 2. The number of amides is 2. The van der Waals surface area contributed by atoms with Crippen LogP contribution in [0.4, 0.5) is 5.69 Å². The molecule has 0 spiro atoms. The van der Waals surface area contributed by atoms with E-state index in [0.29, 0.717) is 28.0 Å². The molecule has 0 saturated heterocycles. The molecule has 11 heteroatoms. The number of carbonyl (C=O) groups is 2. The van der Waals surface area contributed by atoms with Gasteiger partial charge < -0.3 is 15.0 Å². The van der Waals surface area contributed by atoms with Crippen LogP contribution in [0.5, 0.6) is 5.75 Å². The summed E-state index contributed by atoms with van der Waals surface area (Å²) in [5.41, 5.74) is 1.72. The lowest BCUT2D eigenvalue weighted by molar-refractivity contribution is -0.139. The summed E-state index contributed by atoms with van der Waals surface area (Å²) in [5, 5.41) is 3.47. The first kappa shape index (κ1) is 32.2. The number of para-hydroxylation sites is 2. The van der Waals surface area contributed by atoms with E-state index < -0.39 is 28.5 Å². The molecule has 220 valence electrons. The fourth-order valence-electron chi connectivity index (χ4n) is 4.11. The molecule has 0 heterocycles. The Morgan fingerprint density at radius 3 is 2.22 bits per heavy atom. The van der Waals surface area contributed by atoms with Crippen LogP contribution in [0.1, 0.15) is 38.8 Å². The van der Waals surface area contributed by atoms with Gasteiger partial charge in [-0.05, 0) is 76.6 Å². The summed E-state index contributed by atoms with van der Waals surface area (Å²) in [6, 6.07) is 16.8. The van der Waals surface area contributed by atoms with E-state index in [1.165, 1.54) is 17.0 Å². The highest BCUT2D eigenvalue weighted by Crippen LogP contribution is 2.33. The Morgan fingerprint density at radius 1 is 0.951 bits per heavy atom. The number of hydrogen-bond acceptors (Lipinski definition) is 5. The predicted octanol–water partition coefficient (Wildman–Crippen LogP) is 5.84. The number of rotatable bonds is 12. The molecule has 2 amide bonds. The quantitative estimate of drug-likeness (QED) is 0.275. The van der Waals surface area contributed by atoms with Crippen LogP contribution < -0.4 is 14.4 Å². The van der Waals surface area contributed by atoms with Gasteiger partial charge in [0.2, 0.25) is 11.8 Å². The van der Waals surface area contributed by atoms with Crippen molar-refractivity contribution < 1.29 is 22.7 Å². The van der Waals surface area contributed by atoms with Crippen LogP contribution in [0, 0.1) is 6.92 Å². The molecule has 8 nitrogen and oxygen atoms in total. The second-order valence-electron chi connectivity index (χ2n) is 9.83. The molecule has 41 heavy (non-hydrogen) atoms. The molecule has 0 radical (unpaired) electrons. The van der Waals surface area contributed by atoms with Crippen LogP contribution in [-0.4, -0.2) is 50.4 Å². The third-order valence-electron chi connectivity index (χ3n) is 6.26. The van der Waals surface area contributed by atoms with E-state index in [9.17, 15) is 18.0 Å². The van der Waals surface area contributed by atoms with E-state index in [1.54, 1.807) is 68.4 Å². The van der Waals surface area contributed by atoms with Crippen molar-refractivity contribution in [2.24, 2.45) is 0 Å². The number of hydrogen-bond donors (Lipinski definition) is 1. The Labute approximate surface area is 252 Å². The largest absolute Gasteiger partial charge is 0.492 e. The number of benzene rings is 3. The average Bonchev–Trinajstić information content (AvgIpc) is 2.92. The minimum absolute atomic E-state index is 0.00602. The highest BCUT2D eigenvalue weighted by atomic mass is 35.5. The summed E-state index contributed by atoms with van der Waals surface area (Å²) in [6.07, 6.45) is 0. The molecule has 0 aliphatic carbocycles. The number of aryl methyl sites for hydroxylation is 1. The zero-order valence-electron chi connectivity index (χ0n) is 23.7. The van der Waals surface area contributed by atoms with Crippen LogP contribution >= 0.6 is 23.2 Å². The van der Waals surface area contributed by atoms with Crippen molar-refractivity contribution in [2.75, 3.05) is 17.5 Å². The number of ether oxygens (including phenoxy) is 1. The summed E-state index contributed by atoms with van der Waals surface area (Å²) in [5.74, 6) is -0.666. The SMILES string of the molecule is CCOc1ccccc1N(CC(=O)N(Cc1ccc(Cl)c(Cl)c1)C(C)C(=O)NC(C)C)S(=O)(=O)c1ccc(C)cc1. The number of sulfonamides is 1. The summed E-state index contributed by atoms with van der Waals surface area (Å²) in [4.78, 5) is 28.5. The molecule has 1 atom stereocenters. The molecule has 0 saturated carbocycles. The van der Waals surface area contributed by atoms with Crippen molar-refractivity contribution in [3.63, 3.8) is 0 Å². The molecule has 1 N–H and O–H groups in total. The third kappa shape index (κ3) is 8.15. The smallest absolute Gasteiger partial charge is 0.264 e. The van der Waals surface area contributed by atoms with Crippen molar-refractivity contribution in [1.82, 2.24) is 10.2 Å². The van der Waals surface area contributed by atoms with E-state index in [-0.39, 0.29) is 29.1 Å². The Bertz CT molecular complexity index is 1480. The van der Waals surface area contributed by atoms with Crippen LogP contribution in [0.25, 0.3) is 0 Å². The van der Waals surface area contributed by atoms with Gasteiger partial charge in [0.05, 0.1) is 27.2 Å². The van der Waals surface area contributed by atoms with Gasteiger partial charge in [0.1, 0.15) is 18.3 Å². The van der Waals surface area contributed by atoms with E-state index in [4.69, 9.17) is 27.9 Å². The molecule has 0 aromatic heterocycles. The van der Waals surface area contributed by atoms with Crippen molar-refractivity contribution in [1.29, 1.82) is 0 Å². The molecule has 3 aromatic rings. The zero-order chi connectivity index (χ0) is 30.3. The predicted molar refractivity (Wildman–Crippen MR) is 163 cm³/mol. The average molecular weight is 621 g/mol. The number of nitrogens with zero attached hydrogens (tertiary/aromatic N) is 2. The maximum absolute atomic E-state index is 14.1. The second-order valence-corrected chi connectivity index (χ2v) is 12.5. The van der Waals surface area contributed by atoms with Gasteiger partial charge in [0.25, 0.3) is 10.0 Å². The van der Waals surface area contributed by atoms with Crippen molar-refractivity contribution in [3.8, 4) is 5.75 Å². The van der Waals surface area contributed by atoms with Crippen LogP contribution in [0.2, 0.25) is 10.0 Å². The van der Waals surface area contributed by atoms with Gasteiger partial charge in [-0.15, -0.1) is 0 Å². The maximum Gasteiger partial charge on any atom is 0.264 e. The topological polar surface area (TPSA) is 96.0 Å². The minimum atomic E-state index is -4.22. The zero-order valence-corrected chi connectivity index (χ0v) is 26.1. The van der Waals surface area contributed by atoms with E-state index >= 15 is 0 Å². The Kier molecular flexibility index (Phi) is 11.1. The molecule has 0 bridgehead atoms. The fraction of sp³-hybridized carbons (Fsp3) is 0.333. The molecule has 3 rings (SSSR count). The number of anilines is 1. The molecule has 0 aliphatic heterocycles. The highest BCUT2D eigenvalue weighted by Gasteiger charge is 2.34. The van der Waals surface area contributed by atoms with Gasteiger partial charge in [-0.3, -0.25) is 13.9 Å². The van der Waals surface area contributed by atoms with E-state index in [0.717, 1.165) is 9.87 Å². The highest BCUT2D eigenvalue weighted by molar-refractivity contribution is 7.92. The van der Waals surface area contributed by atoms with Crippen LogP contribution in [0.15, 0.2) is 71.6 Å². The van der Waals surface area contributed by atoms with Gasteiger partial charge in [0, 0.05) is 12.6 Å². The first-order valence-electron chi connectivity index (χ1n) is 13.2. The molecule has 3 aromatic carbocycles. The lowest BCUT2D eigenvalue weighted by Gasteiger charge is -2.32. The minimum Gasteiger partial charge on any atom is -0.492 e. The van der Waals surface area contributed by atoms with Gasteiger partial charge in [-0.1, -0.05) is 59.1 Å². The number of carbonyl (C=O) groups excluding carboxylic acids is 2. The van der Waals surface area contributed by atoms with Gasteiger partial charge in [-0.2, -0.15) is 0 Å². The van der Waals surface area contributed by atoms with Crippen LogP contribution in [0.3, 0.4) is 0 Å². The summed E-state index contributed by atoms with van der Waals surface area (Å²) in [7, 11) is -4.22.